The van der Waals surface area contributed by atoms with Crippen molar-refractivity contribution in [1.29, 1.82) is 5.26 Å². The number of hydrogen-bond donors (Lipinski definition) is 1. The Hall–Kier alpha value is -1.30. The molecule has 0 fully saturated rings. The number of nitrogens with zero attached hydrogens (tertiary/aromatic N) is 1. The molecule has 0 heterocycles. The van der Waals surface area contributed by atoms with Crippen LogP contribution in [0.4, 0.5) is 0 Å². The summed E-state index contributed by atoms with van der Waals surface area (Å²) in [7, 11) is 0. The molecule has 1 unspecified atom stereocenters. The van der Waals surface area contributed by atoms with E-state index < -0.39 is 5.92 Å². The summed E-state index contributed by atoms with van der Waals surface area (Å²) in [6, 6.07) is 1.97. The molecule has 0 aliphatic carbocycles. The molecule has 3 heteroatoms. The summed E-state index contributed by atoms with van der Waals surface area (Å²) in [5.74, 6) is -0.700. The van der Waals surface area contributed by atoms with Crippen LogP contribution in [0, 0.1) is 17.2 Å². The molecule has 1 N–H and O–H groups in total. The van der Waals surface area contributed by atoms with Crippen LogP contribution in [-0.4, -0.2) is 12.5 Å². The molecule has 0 aliphatic heterocycles. The molecule has 3 nitrogen and oxygen atoms in total. The van der Waals surface area contributed by atoms with Gasteiger partial charge < -0.3 is 5.32 Å². The summed E-state index contributed by atoms with van der Waals surface area (Å²) in [6.45, 7) is 5.85. The Kier molecular flexibility index (Phi) is 5.72. The topological polar surface area (TPSA) is 52.9 Å². The van der Waals surface area contributed by atoms with Gasteiger partial charge in [0.15, 0.2) is 0 Å². The quantitative estimate of drug-likeness (QED) is 0.624. The van der Waals surface area contributed by atoms with Gasteiger partial charge >= 0.3 is 0 Å². The van der Waals surface area contributed by atoms with Gasteiger partial charge in [-0.15, -0.1) is 6.58 Å². The second-order valence-corrected chi connectivity index (χ2v) is 2.50. The van der Waals surface area contributed by atoms with Crippen LogP contribution < -0.4 is 5.32 Å². The Bertz CT molecular complexity index is 193. The van der Waals surface area contributed by atoms with Crippen molar-refractivity contribution in [1.82, 2.24) is 5.32 Å². The maximum absolute atomic E-state index is 11.1. The van der Waals surface area contributed by atoms with Crippen molar-refractivity contribution in [3.05, 3.63) is 12.7 Å². The second-order valence-electron chi connectivity index (χ2n) is 2.50. The molecule has 0 rings (SSSR count). The molecule has 66 valence electrons. The van der Waals surface area contributed by atoms with Crippen molar-refractivity contribution in [3.63, 3.8) is 0 Å². The van der Waals surface area contributed by atoms with Crippen molar-refractivity contribution in [3.8, 4) is 6.07 Å². The fourth-order valence-electron chi connectivity index (χ4n) is 0.839. The van der Waals surface area contributed by atoms with Crippen LogP contribution in [-0.2, 0) is 4.79 Å². The molecule has 0 saturated heterocycles. The van der Waals surface area contributed by atoms with E-state index in [0.29, 0.717) is 13.0 Å². The van der Waals surface area contributed by atoms with Gasteiger partial charge in [-0.05, 0) is 6.42 Å². The van der Waals surface area contributed by atoms with E-state index in [1.165, 1.54) is 0 Å². The minimum Gasteiger partial charge on any atom is -0.352 e. The monoisotopic (exact) mass is 166 g/mol. The van der Waals surface area contributed by atoms with Crippen molar-refractivity contribution in [2.45, 2.75) is 19.8 Å². The average molecular weight is 166 g/mol. The van der Waals surface area contributed by atoms with Gasteiger partial charge in [-0.25, -0.2) is 0 Å². The first-order valence-corrected chi connectivity index (χ1v) is 4.04. The van der Waals surface area contributed by atoms with Crippen LogP contribution in [0.15, 0.2) is 12.7 Å². The molecule has 0 aliphatic rings. The molecule has 0 saturated carbocycles. The number of amides is 1. The summed E-state index contributed by atoms with van der Waals surface area (Å²) in [4.78, 5) is 11.1. The molecule has 0 aromatic heterocycles. The van der Waals surface area contributed by atoms with E-state index >= 15 is 0 Å². The van der Waals surface area contributed by atoms with E-state index in [4.69, 9.17) is 5.26 Å². The van der Waals surface area contributed by atoms with Gasteiger partial charge in [-0.2, -0.15) is 5.26 Å². The third-order valence-electron chi connectivity index (χ3n) is 1.47. The molecule has 1 amide bonds. The van der Waals surface area contributed by atoms with Crippen LogP contribution >= 0.6 is 0 Å². The lowest BCUT2D eigenvalue weighted by Crippen LogP contribution is -2.29. The fourth-order valence-corrected chi connectivity index (χ4v) is 0.839. The highest BCUT2D eigenvalue weighted by Crippen LogP contribution is 2.03. The highest BCUT2D eigenvalue weighted by Gasteiger charge is 2.14. The third kappa shape index (κ3) is 3.77. The Morgan fingerprint density at radius 2 is 2.50 bits per heavy atom. The minimum absolute atomic E-state index is 0.195. The number of rotatable bonds is 5. The summed E-state index contributed by atoms with van der Waals surface area (Å²) in [5, 5.41) is 11.2. The number of nitriles is 1. The lowest BCUT2D eigenvalue weighted by molar-refractivity contribution is -0.123. The van der Waals surface area contributed by atoms with Crippen molar-refractivity contribution in [2.75, 3.05) is 6.54 Å². The third-order valence-corrected chi connectivity index (χ3v) is 1.47. The van der Waals surface area contributed by atoms with Gasteiger partial charge in [0.25, 0.3) is 0 Å². The van der Waals surface area contributed by atoms with Gasteiger partial charge in [-0.3, -0.25) is 4.79 Å². The minimum atomic E-state index is -0.505. The molecule has 0 spiro atoms. The fraction of sp³-hybridized carbons (Fsp3) is 0.556. The van der Waals surface area contributed by atoms with Crippen molar-refractivity contribution < 1.29 is 4.79 Å². The molecule has 12 heavy (non-hydrogen) atoms. The zero-order valence-electron chi connectivity index (χ0n) is 7.34. The van der Waals surface area contributed by atoms with E-state index in [0.717, 1.165) is 6.42 Å². The summed E-state index contributed by atoms with van der Waals surface area (Å²) in [6.07, 6.45) is 3.07. The van der Waals surface area contributed by atoms with Gasteiger partial charge in [-0.1, -0.05) is 19.4 Å². The van der Waals surface area contributed by atoms with E-state index in [9.17, 15) is 4.79 Å². The first-order chi connectivity index (χ1) is 5.76. The van der Waals surface area contributed by atoms with E-state index in [2.05, 4.69) is 11.9 Å². The Morgan fingerprint density at radius 1 is 1.83 bits per heavy atom. The average Bonchev–Trinajstić information content (AvgIpc) is 2.10. The van der Waals surface area contributed by atoms with E-state index in [1.807, 2.05) is 13.0 Å². The standard InChI is InChI=1S/C9H14N2O/c1-3-5-8(7-10)9(12)11-6-4-2/h4,8H,2-3,5-6H2,1H3,(H,11,12). The van der Waals surface area contributed by atoms with Gasteiger partial charge in [0.2, 0.25) is 5.91 Å². The number of nitrogens with one attached hydrogen (secondary N) is 1. The number of carbonyl (C=O) groups is 1. The molecule has 0 bridgehead atoms. The molecule has 0 radical (unpaired) electrons. The highest BCUT2D eigenvalue weighted by atomic mass is 16.1. The lowest BCUT2D eigenvalue weighted by Gasteiger charge is -2.06. The number of hydrogen-bond acceptors (Lipinski definition) is 2. The zero-order valence-corrected chi connectivity index (χ0v) is 7.34. The smallest absolute Gasteiger partial charge is 0.237 e. The van der Waals surface area contributed by atoms with Crippen molar-refractivity contribution >= 4 is 5.91 Å². The van der Waals surface area contributed by atoms with Gasteiger partial charge in [0.1, 0.15) is 5.92 Å². The predicted octanol–water partition coefficient (Wildman–Crippen LogP) is 1.23. The van der Waals surface area contributed by atoms with E-state index in [1.54, 1.807) is 6.08 Å². The summed E-state index contributed by atoms with van der Waals surface area (Å²) >= 11 is 0. The predicted molar refractivity (Wildman–Crippen MR) is 47.2 cm³/mol. The number of carbonyl (C=O) groups excluding carboxylic acids is 1. The van der Waals surface area contributed by atoms with Gasteiger partial charge in [0.05, 0.1) is 6.07 Å². The van der Waals surface area contributed by atoms with Crippen LogP contribution in [0.2, 0.25) is 0 Å². The summed E-state index contributed by atoms with van der Waals surface area (Å²) in [5.41, 5.74) is 0. The molecule has 0 aromatic rings. The maximum Gasteiger partial charge on any atom is 0.237 e. The zero-order chi connectivity index (χ0) is 9.40. The van der Waals surface area contributed by atoms with E-state index in [-0.39, 0.29) is 5.91 Å². The van der Waals surface area contributed by atoms with Gasteiger partial charge in [0, 0.05) is 6.54 Å². The molecule has 1 atom stereocenters. The second kappa shape index (κ2) is 6.41. The van der Waals surface area contributed by atoms with Crippen LogP contribution in [0.25, 0.3) is 0 Å². The Balaban J connectivity index is 3.87. The highest BCUT2D eigenvalue weighted by molar-refractivity contribution is 5.81. The first-order valence-electron chi connectivity index (χ1n) is 4.04. The van der Waals surface area contributed by atoms with Crippen LogP contribution in [0.3, 0.4) is 0 Å². The maximum atomic E-state index is 11.1. The summed E-state index contributed by atoms with van der Waals surface area (Å²) < 4.78 is 0. The Labute approximate surface area is 73.1 Å². The largest absolute Gasteiger partial charge is 0.352 e. The normalized spacial score (nSPS) is 11.3. The molecular formula is C9H14N2O. The van der Waals surface area contributed by atoms with Crippen molar-refractivity contribution in [2.24, 2.45) is 5.92 Å². The lowest BCUT2D eigenvalue weighted by atomic mass is 10.1. The molecule has 0 aromatic carbocycles. The van der Waals surface area contributed by atoms with Crippen LogP contribution in [0.5, 0.6) is 0 Å². The first kappa shape index (κ1) is 10.7. The Morgan fingerprint density at radius 3 is 2.92 bits per heavy atom. The SMILES string of the molecule is C=CCNC(=O)C(C#N)CCC. The molecular weight excluding hydrogens is 152 g/mol. The van der Waals surface area contributed by atoms with Crippen LogP contribution in [0.1, 0.15) is 19.8 Å².